The largest absolute Gasteiger partial charge is 0.379 e. The van der Waals surface area contributed by atoms with Gasteiger partial charge in [-0.2, -0.15) is 0 Å². The maximum Gasteiger partial charge on any atom is 0.252 e. The van der Waals surface area contributed by atoms with E-state index >= 15 is 0 Å². The van der Waals surface area contributed by atoms with E-state index in [4.69, 9.17) is 27.9 Å². The second-order valence-electron chi connectivity index (χ2n) is 6.81. The lowest BCUT2D eigenvalue weighted by Gasteiger charge is -2.35. The number of aryl methyl sites for hydroxylation is 2. The van der Waals surface area contributed by atoms with E-state index < -0.39 is 0 Å². The molecule has 0 saturated carbocycles. The van der Waals surface area contributed by atoms with Crippen LogP contribution in [0.2, 0.25) is 10.0 Å². The molecule has 2 aromatic carbocycles. The number of nitrogens with zero attached hydrogens (tertiary/aromatic N) is 1. The summed E-state index contributed by atoms with van der Waals surface area (Å²) in [4.78, 5) is 15.1. The van der Waals surface area contributed by atoms with Crippen molar-refractivity contribution >= 4 is 29.1 Å². The van der Waals surface area contributed by atoms with Gasteiger partial charge in [0.2, 0.25) is 0 Å². The van der Waals surface area contributed by atoms with E-state index in [2.05, 4.69) is 10.2 Å². The third-order valence-corrected chi connectivity index (χ3v) is 5.69. The lowest BCUT2D eigenvalue weighted by molar-refractivity contribution is 0.0162. The van der Waals surface area contributed by atoms with E-state index in [1.165, 1.54) is 0 Å². The zero-order valence-electron chi connectivity index (χ0n) is 15.6. The highest BCUT2D eigenvalue weighted by atomic mass is 35.5. The maximum atomic E-state index is 12.8. The number of benzene rings is 2. The van der Waals surface area contributed by atoms with E-state index in [9.17, 15) is 4.79 Å². The van der Waals surface area contributed by atoms with Gasteiger partial charge in [0.25, 0.3) is 5.91 Å². The maximum absolute atomic E-state index is 12.8. The molecule has 6 heteroatoms. The van der Waals surface area contributed by atoms with Gasteiger partial charge in [-0.05, 0) is 48.7 Å². The normalized spacial score (nSPS) is 16.1. The van der Waals surface area contributed by atoms with Gasteiger partial charge in [0, 0.05) is 24.7 Å². The van der Waals surface area contributed by atoms with Gasteiger partial charge >= 0.3 is 0 Å². The third kappa shape index (κ3) is 4.82. The Morgan fingerprint density at radius 3 is 2.48 bits per heavy atom. The number of rotatable bonds is 5. The molecule has 4 nitrogen and oxygen atoms in total. The lowest BCUT2D eigenvalue weighted by atomic mass is 10.0. The molecule has 1 fully saturated rings. The summed E-state index contributed by atoms with van der Waals surface area (Å²) >= 11 is 12.7. The SMILES string of the molecule is Cc1cc(Cl)c(C(=O)NCC(c2ccccc2Cl)N2CCOCC2)cc1C. The molecule has 144 valence electrons. The van der Waals surface area contributed by atoms with E-state index in [-0.39, 0.29) is 11.9 Å². The zero-order chi connectivity index (χ0) is 19.4. The molecule has 1 unspecified atom stereocenters. The van der Waals surface area contributed by atoms with Gasteiger partial charge in [-0.1, -0.05) is 41.4 Å². The Bertz CT molecular complexity index is 820. The summed E-state index contributed by atoms with van der Waals surface area (Å²) in [6, 6.07) is 11.4. The first kappa shape index (κ1) is 20.2. The van der Waals surface area contributed by atoms with Gasteiger partial charge in [-0.3, -0.25) is 9.69 Å². The summed E-state index contributed by atoms with van der Waals surface area (Å²) < 4.78 is 5.47. The number of hydrogen-bond donors (Lipinski definition) is 1. The molecule has 0 radical (unpaired) electrons. The summed E-state index contributed by atoms with van der Waals surface area (Å²) in [6.07, 6.45) is 0. The van der Waals surface area contributed by atoms with Crippen molar-refractivity contribution in [2.24, 2.45) is 0 Å². The van der Waals surface area contributed by atoms with Crippen LogP contribution in [0.3, 0.4) is 0 Å². The van der Waals surface area contributed by atoms with Crippen LogP contribution in [0.5, 0.6) is 0 Å². The Labute approximate surface area is 170 Å². The molecule has 2 aromatic rings. The fraction of sp³-hybridized carbons (Fsp3) is 0.381. The van der Waals surface area contributed by atoms with Crippen LogP contribution in [0.15, 0.2) is 36.4 Å². The minimum Gasteiger partial charge on any atom is -0.379 e. The van der Waals surface area contributed by atoms with Crippen LogP contribution < -0.4 is 5.32 Å². The summed E-state index contributed by atoms with van der Waals surface area (Å²) in [5.41, 5.74) is 3.62. The van der Waals surface area contributed by atoms with Crippen molar-refractivity contribution in [1.82, 2.24) is 10.2 Å². The predicted octanol–water partition coefficient (Wildman–Crippen LogP) is 4.41. The Kier molecular flexibility index (Phi) is 6.77. The van der Waals surface area contributed by atoms with Crippen molar-refractivity contribution in [2.45, 2.75) is 19.9 Å². The van der Waals surface area contributed by atoms with Gasteiger partial charge in [0.15, 0.2) is 0 Å². The van der Waals surface area contributed by atoms with E-state index in [1.807, 2.05) is 50.2 Å². The number of carbonyl (C=O) groups excluding carboxylic acids is 1. The molecule has 0 aromatic heterocycles. The monoisotopic (exact) mass is 406 g/mol. The molecule has 1 heterocycles. The molecule has 0 bridgehead atoms. The van der Waals surface area contributed by atoms with Gasteiger partial charge in [-0.15, -0.1) is 0 Å². The molecule has 3 rings (SSSR count). The quantitative estimate of drug-likeness (QED) is 0.798. The van der Waals surface area contributed by atoms with Gasteiger partial charge in [-0.25, -0.2) is 0 Å². The first-order valence-electron chi connectivity index (χ1n) is 9.08. The van der Waals surface area contributed by atoms with Crippen LogP contribution >= 0.6 is 23.2 Å². The van der Waals surface area contributed by atoms with Crippen LogP contribution in [0.25, 0.3) is 0 Å². The molecule has 1 saturated heterocycles. The fourth-order valence-corrected chi connectivity index (χ4v) is 3.88. The minimum absolute atomic E-state index is 0.0168. The summed E-state index contributed by atoms with van der Waals surface area (Å²) in [7, 11) is 0. The van der Waals surface area contributed by atoms with Crippen LogP contribution in [0, 0.1) is 13.8 Å². The molecular formula is C21H24Cl2N2O2. The van der Waals surface area contributed by atoms with Crippen molar-refractivity contribution in [3.63, 3.8) is 0 Å². The minimum atomic E-state index is -0.173. The highest BCUT2D eigenvalue weighted by Gasteiger charge is 2.25. The first-order valence-corrected chi connectivity index (χ1v) is 9.84. The van der Waals surface area contributed by atoms with Gasteiger partial charge < -0.3 is 10.1 Å². The van der Waals surface area contributed by atoms with Crippen LogP contribution in [0.4, 0.5) is 0 Å². The predicted molar refractivity (Wildman–Crippen MR) is 110 cm³/mol. The van der Waals surface area contributed by atoms with Gasteiger partial charge in [0.1, 0.15) is 0 Å². The number of carbonyl (C=O) groups is 1. The number of hydrogen-bond acceptors (Lipinski definition) is 3. The molecule has 0 spiro atoms. The molecule has 1 atom stereocenters. The smallest absolute Gasteiger partial charge is 0.252 e. The van der Waals surface area contributed by atoms with Gasteiger partial charge in [0.05, 0.1) is 29.8 Å². The number of nitrogens with one attached hydrogen (secondary N) is 1. The number of amides is 1. The van der Waals surface area contributed by atoms with Crippen LogP contribution in [-0.2, 0) is 4.74 Å². The standard InChI is InChI=1S/C21H24Cl2N2O2/c1-14-11-17(19(23)12-15(14)2)21(26)24-13-20(25-7-9-27-10-8-25)16-5-3-4-6-18(16)22/h3-6,11-12,20H,7-10,13H2,1-2H3,(H,24,26). The highest BCUT2D eigenvalue weighted by Crippen LogP contribution is 2.28. The summed E-state index contributed by atoms with van der Waals surface area (Å²) in [5, 5.41) is 4.22. The van der Waals surface area contributed by atoms with Crippen molar-refractivity contribution in [1.29, 1.82) is 0 Å². The third-order valence-electron chi connectivity index (χ3n) is 5.03. The Hall–Kier alpha value is -1.59. The highest BCUT2D eigenvalue weighted by molar-refractivity contribution is 6.34. The topological polar surface area (TPSA) is 41.6 Å². The number of ether oxygens (including phenoxy) is 1. The van der Waals surface area contributed by atoms with Crippen molar-refractivity contribution in [3.8, 4) is 0 Å². The zero-order valence-corrected chi connectivity index (χ0v) is 17.1. The molecule has 0 aliphatic carbocycles. The second kappa shape index (κ2) is 9.07. The Balaban J connectivity index is 1.79. The number of morpholine rings is 1. The Morgan fingerprint density at radius 1 is 1.11 bits per heavy atom. The van der Waals surface area contributed by atoms with Crippen molar-refractivity contribution < 1.29 is 9.53 Å². The molecule has 1 amide bonds. The second-order valence-corrected chi connectivity index (χ2v) is 7.63. The lowest BCUT2D eigenvalue weighted by Crippen LogP contribution is -2.44. The first-order chi connectivity index (χ1) is 13.0. The van der Waals surface area contributed by atoms with E-state index in [0.29, 0.717) is 35.4 Å². The molecule has 27 heavy (non-hydrogen) atoms. The number of halogens is 2. The van der Waals surface area contributed by atoms with Crippen LogP contribution in [0.1, 0.15) is 33.1 Å². The van der Waals surface area contributed by atoms with Crippen molar-refractivity contribution in [2.75, 3.05) is 32.8 Å². The Morgan fingerprint density at radius 2 is 1.78 bits per heavy atom. The van der Waals surface area contributed by atoms with Crippen molar-refractivity contribution in [3.05, 3.63) is 68.7 Å². The van der Waals surface area contributed by atoms with E-state index in [1.54, 1.807) is 0 Å². The fourth-order valence-electron chi connectivity index (χ4n) is 3.31. The molecular weight excluding hydrogens is 383 g/mol. The summed E-state index contributed by atoms with van der Waals surface area (Å²) in [5.74, 6) is -0.173. The van der Waals surface area contributed by atoms with Crippen LogP contribution in [-0.4, -0.2) is 43.7 Å². The average molecular weight is 407 g/mol. The summed E-state index contributed by atoms with van der Waals surface area (Å²) in [6.45, 7) is 7.37. The molecule has 1 aliphatic rings. The average Bonchev–Trinajstić information content (AvgIpc) is 2.67. The van der Waals surface area contributed by atoms with E-state index in [0.717, 1.165) is 29.8 Å². The molecule has 1 aliphatic heterocycles. The molecule has 1 N–H and O–H groups in total.